The SMILES string of the molecule is CC(=O)OCC(=O)N(Nc1ccc(F)cc1)C(C)C. The van der Waals surface area contributed by atoms with Crippen molar-refractivity contribution < 1.29 is 18.7 Å². The Morgan fingerprint density at radius 1 is 1.32 bits per heavy atom. The molecule has 0 heterocycles. The van der Waals surface area contributed by atoms with E-state index in [-0.39, 0.29) is 24.4 Å². The minimum atomic E-state index is -0.515. The highest BCUT2D eigenvalue weighted by Crippen LogP contribution is 2.11. The molecule has 0 unspecified atom stereocenters. The van der Waals surface area contributed by atoms with Crippen molar-refractivity contribution in [1.29, 1.82) is 0 Å². The number of anilines is 1. The van der Waals surface area contributed by atoms with Crippen LogP contribution >= 0.6 is 0 Å². The molecule has 1 aromatic carbocycles. The largest absolute Gasteiger partial charge is 0.456 e. The van der Waals surface area contributed by atoms with Crippen LogP contribution in [0.15, 0.2) is 24.3 Å². The van der Waals surface area contributed by atoms with Gasteiger partial charge in [-0.1, -0.05) is 0 Å². The second kappa shape index (κ2) is 6.72. The van der Waals surface area contributed by atoms with Crippen molar-refractivity contribution in [3.8, 4) is 0 Å². The van der Waals surface area contributed by atoms with Crippen LogP contribution in [0.4, 0.5) is 10.1 Å². The lowest BCUT2D eigenvalue weighted by molar-refractivity contribution is -0.150. The summed E-state index contributed by atoms with van der Waals surface area (Å²) in [5.74, 6) is -1.25. The molecule has 6 heteroatoms. The van der Waals surface area contributed by atoms with Crippen LogP contribution < -0.4 is 5.43 Å². The molecule has 1 N–H and O–H groups in total. The van der Waals surface area contributed by atoms with Crippen LogP contribution in [-0.4, -0.2) is 29.5 Å². The number of halogens is 1. The summed E-state index contributed by atoms with van der Waals surface area (Å²) in [6.07, 6.45) is 0. The predicted octanol–water partition coefficient (Wildman–Crippen LogP) is 1.95. The molecule has 0 aliphatic rings. The van der Waals surface area contributed by atoms with Gasteiger partial charge in [0.2, 0.25) is 0 Å². The lowest BCUT2D eigenvalue weighted by Gasteiger charge is -2.27. The molecule has 0 bridgehead atoms. The quantitative estimate of drug-likeness (QED) is 0.655. The Morgan fingerprint density at radius 2 is 1.89 bits per heavy atom. The molecule has 0 atom stereocenters. The second-order valence-electron chi connectivity index (χ2n) is 4.26. The number of ether oxygens (including phenoxy) is 1. The lowest BCUT2D eigenvalue weighted by Crippen LogP contribution is -2.43. The zero-order valence-electron chi connectivity index (χ0n) is 11.1. The van der Waals surface area contributed by atoms with Crippen molar-refractivity contribution in [1.82, 2.24) is 5.01 Å². The highest BCUT2D eigenvalue weighted by Gasteiger charge is 2.18. The Morgan fingerprint density at radius 3 is 2.37 bits per heavy atom. The van der Waals surface area contributed by atoms with Crippen molar-refractivity contribution in [3.63, 3.8) is 0 Å². The van der Waals surface area contributed by atoms with Crippen LogP contribution in [0.2, 0.25) is 0 Å². The molecule has 1 aromatic rings. The fourth-order valence-electron chi connectivity index (χ4n) is 1.38. The minimum Gasteiger partial charge on any atom is -0.456 e. The standard InChI is InChI=1S/C13H17FN2O3/c1-9(2)16(13(18)8-19-10(3)17)15-12-6-4-11(14)5-7-12/h4-7,9,15H,8H2,1-3H3. The second-order valence-corrected chi connectivity index (χ2v) is 4.26. The number of carbonyl (C=O) groups is 2. The number of benzene rings is 1. The van der Waals surface area contributed by atoms with Gasteiger partial charge in [0, 0.05) is 13.0 Å². The van der Waals surface area contributed by atoms with Crippen molar-refractivity contribution in [2.75, 3.05) is 12.0 Å². The van der Waals surface area contributed by atoms with Crippen LogP contribution in [0.3, 0.4) is 0 Å². The van der Waals surface area contributed by atoms with Crippen molar-refractivity contribution in [2.24, 2.45) is 0 Å². The maximum atomic E-state index is 12.8. The van der Waals surface area contributed by atoms with Gasteiger partial charge in [-0.05, 0) is 38.1 Å². The summed E-state index contributed by atoms with van der Waals surface area (Å²) in [5.41, 5.74) is 3.43. The van der Waals surface area contributed by atoms with Gasteiger partial charge in [-0.25, -0.2) is 4.39 Å². The van der Waals surface area contributed by atoms with E-state index < -0.39 is 5.97 Å². The highest BCUT2D eigenvalue weighted by atomic mass is 19.1. The van der Waals surface area contributed by atoms with Gasteiger partial charge in [0.25, 0.3) is 5.91 Å². The Bertz CT molecular complexity index is 446. The molecule has 19 heavy (non-hydrogen) atoms. The number of nitrogens with zero attached hydrogens (tertiary/aromatic N) is 1. The first-order chi connectivity index (χ1) is 8.90. The van der Waals surface area contributed by atoms with Crippen molar-refractivity contribution >= 4 is 17.6 Å². The molecule has 1 amide bonds. The first kappa shape index (κ1) is 14.9. The summed E-state index contributed by atoms with van der Waals surface area (Å²) in [6.45, 7) is 4.52. The summed E-state index contributed by atoms with van der Waals surface area (Å²) in [6, 6.07) is 5.47. The molecular weight excluding hydrogens is 251 g/mol. The number of rotatable bonds is 5. The molecule has 104 valence electrons. The third-order valence-corrected chi connectivity index (χ3v) is 2.28. The molecule has 0 aliphatic carbocycles. The van der Waals surface area contributed by atoms with Gasteiger partial charge in [-0.3, -0.25) is 20.0 Å². The minimum absolute atomic E-state index is 0.145. The number of hydrazine groups is 1. The number of esters is 1. The van der Waals surface area contributed by atoms with E-state index >= 15 is 0 Å². The number of amides is 1. The van der Waals surface area contributed by atoms with E-state index in [1.807, 2.05) is 13.8 Å². The van der Waals surface area contributed by atoms with Gasteiger partial charge in [0.05, 0.1) is 5.69 Å². The summed E-state index contributed by atoms with van der Waals surface area (Å²) in [4.78, 5) is 22.6. The number of hydrogen-bond acceptors (Lipinski definition) is 4. The van der Waals surface area contributed by atoms with Gasteiger partial charge in [-0.2, -0.15) is 0 Å². The molecule has 0 aromatic heterocycles. The zero-order chi connectivity index (χ0) is 14.4. The Kier molecular flexibility index (Phi) is 5.29. The maximum Gasteiger partial charge on any atom is 0.303 e. The van der Waals surface area contributed by atoms with Gasteiger partial charge in [0.1, 0.15) is 5.82 Å². The molecule has 0 saturated heterocycles. The number of hydrogen-bond donors (Lipinski definition) is 1. The molecule has 0 spiro atoms. The fraction of sp³-hybridized carbons (Fsp3) is 0.385. The van der Waals surface area contributed by atoms with Crippen LogP contribution in [-0.2, 0) is 14.3 Å². The van der Waals surface area contributed by atoms with E-state index in [0.717, 1.165) is 0 Å². The highest BCUT2D eigenvalue weighted by molar-refractivity contribution is 5.81. The maximum absolute atomic E-state index is 12.8. The van der Waals surface area contributed by atoms with E-state index in [2.05, 4.69) is 10.2 Å². The van der Waals surface area contributed by atoms with Gasteiger partial charge in [-0.15, -0.1) is 0 Å². The molecule has 0 radical (unpaired) electrons. The number of nitrogens with one attached hydrogen (secondary N) is 1. The van der Waals surface area contributed by atoms with E-state index in [1.54, 1.807) is 0 Å². The van der Waals surface area contributed by atoms with Crippen molar-refractivity contribution in [3.05, 3.63) is 30.1 Å². The van der Waals surface area contributed by atoms with Crippen LogP contribution in [0.1, 0.15) is 20.8 Å². The van der Waals surface area contributed by atoms with E-state index in [0.29, 0.717) is 5.69 Å². The van der Waals surface area contributed by atoms with Gasteiger partial charge < -0.3 is 4.74 Å². The molecular formula is C13H17FN2O3. The molecule has 5 nitrogen and oxygen atoms in total. The zero-order valence-corrected chi connectivity index (χ0v) is 11.1. The fourth-order valence-corrected chi connectivity index (χ4v) is 1.38. The van der Waals surface area contributed by atoms with E-state index in [9.17, 15) is 14.0 Å². The summed E-state index contributed by atoms with van der Waals surface area (Å²) >= 11 is 0. The first-order valence-electron chi connectivity index (χ1n) is 5.88. The lowest BCUT2D eigenvalue weighted by atomic mass is 10.3. The van der Waals surface area contributed by atoms with Crippen molar-refractivity contribution in [2.45, 2.75) is 26.8 Å². The average molecular weight is 268 g/mol. The Labute approximate surface area is 111 Å². The predicted molar refractivity (Wildman–Crippen MR) is 68.6 cm³/mol. The average Bonchev–Trinajstić information content (AvgIpc) is 2.34. The molecule has 0 saturated carbocycles. The topological polar surface area (TPSA) is 58.6 Å². The first-order valence-corrected chi connectivity index (χ1v) is 5.88. The van der Waals surface area contributed by atoms with Gasteiger partial charge in [0.15, 0.2) is 6.61 Å². The summed E-state index contributed by atoms with van der Waals surface area (Å²) in [7, 11) is 0. The third-order valence-electron chi connectivity index (χ3n) is 2.28. The Balaban J connectivity index is 2.69. The van der Waals surface area contributed by atoms with Crippen LogP contribution in [0.5, 0.6) is 0 Å². The molecule has 0 fully saturated rings. The smallest absolute Gasteiger partial charge is 0.303 e. The summed E-state index contributed by atoms with van der Waals surface area (Å²) < 4.78 is 17.4. The molecule has 0 aliphatic heterocycles. The number of carbonyl (C=O) groups excluding carboxylic acids is 2. The summed E-state index contributed by atoms with van der Waals surface area (Å²) in [5, 5.41) is 1.33. The monoisotopic (exact) mass is 268 g/mol. The third kappa shape index (κ3) is 4.95. The van der Waals surface area contributed by atoms with Gasteiger partial charge >= 0.3 is 5.97 Å². The normalized spacial score (nSPS) is 10.2. The van der Waals surface area contributed by atoms with Crippen LogP contribution in [0.25, 0.3) is 0 Å². The van der Waals surface area contributed by atoms with E-state index in [4.69, 9.17) is 0 Å². The molecule has 1 rings (SSSR count). The van der Waals surface area contributed by atoms with E-state index in [1.165, 1.54) is 36.2 Å². The van der Waals surface area contributed by atoms with Crippen LogP contribution in [0, 0.1) is 5.82 Å². The Hall–Kier alpha value is -2.11.